The molecule has 1 heterocycles. The van der Waals surface area contributed by atoms with Gasteiger partial charge in [0, 0.05) is 19.6 Å². The predicted octanol–water partition coefficient (Wildman–Crippen LogP) is 1.28. The number of nitrogens with zero attached hydrogens (tertiary/aromatic N) is 1. The summed E-state index contributed by atoms with van der Waals surface area (Å²) in [6, 6.07) is 6.36. The summed E-state index contributed by atoms with van der Waals surface area (Å²) in [7, 11) is 0. The maximum atomic E-state index is 12.5. The van der Waals surface area contributed by atoms with E-state index in [0.717, 1.165) is 6.42 Å². The van der Waals surface area contributed by atoms with E-state index in [-0.39, 0.29) is 11.8 Å². The second-order valence-corrected chi connectivity index (χ2v) is 5.50. The fourth-order valence-corrected chi connectivity index (χ4v) is 2.65. The molecule has 0 saturated carbocycles. The Balaban J connectivity index is 2.05. The first-order valence-electron chi connectivity index (χ1n) is 7.24. The zero-order valence-electron chi connectivity index (χ0n) is 12.4. The molecule has 4 nitrogen and oxygen atoms in total. The van der Waals surface area contributed by atoms with Crippen LogP contribution in [0.5, 0.6) is 0 Å². The quantitative estimate of drug-likeness (QED) is 0.901. The standard InChI is InChI=1S/C16H24N2O2/c1-12-3-4-14(13(2)9-12)10-15(11-17)16(19)18-5-7-20-8-6-18/h3-4,9,15H,5-8,10-11,17H2,1-2H3. The average molecular weight is 276 g/mol. The molecule has 0 aliphatic carbocycles. The maximum absolute atomic E-state index is 12.5. The Bertz CT molecular complexity index is 468. The molecule has 1 unspecified atom stereocenters. The van der Waals surface area contributed by atoms with Crippen LogP contribution in [0.15, 0.2) is 18.2 Å². The summed E-state index contributed by atoms with van der Waals surface area (Å²) in [6.45, 7) is 7.19. The van der Waals surface area contributed by atoms with Gasteiger partial charge >= 0.3 is 0 Å². The van der Waals surface area contributed by atoms with Gasteiger partial charge in [0.2, 0.25) is 5.91 Å². The number of benzene rings is 1. The monoisotopic (exact) mass is 276 g/mol. The lowest BCUT2D eigenvalue weighted by atomic mass is 9.94. The van der Waals surface area contributed by atoms with Crippen molar-refractivity contribution in [2.75, 3.05) is 32.8 Å². The minimum atomic E-state index is -0.130. The average Bonchev–Trinajstić information content (AvgIpc) is 2.47. The first kappa shape index (κ1) is 15.0. The van der Waals surface area contributed by atoms with Crippen molar-refractivity contribution in [2.45, 2.75) is 20.3 Å². The van der Waals surface area contributed by atoms with Gasteiger partial charge in [-0.3, -0.25) is 4.79 Å². The van der Waals surface area contributed by atoms with Gasteiger partial charge < -0.3 is 15.4 Å². The smallest absolute Gasteiger partial charge is 0.227 e. The molecule has 0 bridgehead atoms. The van der Waals surface area contributed by atoms with E-state index in [9.17, 15) is 4.79 Å². The number of ether oxygens (including phenoxy) is 1. The molecule has 2 rings (SSSR count). The third-order valence-corrected chi connectivity index (χ3v) is 3.92. The Morgan fingerprint density at radius 1 is 1.35 bits per heavy atom. The molecule has 0 radical (unpaired) electrons. The third kappa shape index (κ3) is 3.58. The minimum absolute atomic E-state index is 0.130. The van der Waals surface area contributed by atoms with Crippen molar-refractivity contribution >= 4 is 5.91 Å². The summed E-state index contributed by atoms with van der Waals surface area (Å²) < 4.78 is 5.29. The number of nitrogens with two attached hydrogens (primary N) is 1. The van der Waals surface area contributed by atoms with Gasteiger partial charge in [-0.25, -0.2) is 0 Å². The van der Waals surface area contributed by atoms with E-state index in [1.165, 1.54) is 16.7 Å². The molecule has 1 aromatic rings. The van der Waals surface area contributed by atoms with Crippen molar-refractivity contribution in [3.8, 4) is 0 Å². The highest BCUT2D eigenvalue weighted by atomic mass is 16.5. The van der Waals surface area contributed by atoms with E-state index < -0.39 is 0 Å². The van der Waals surface area contributed by atoms with Crippen LogP contribution < -0.4 is 5.73 Å². The van der Waals surface area contributed by atoms with E-state index >= 15 is 0 Å². The molecule has 1 fully saturated rings. The Morgan fingerprint density at radius 2 is 2.05 bits per heavy atom. The van der Waals surface area contributed by atoms with Crippen LogP contribution in [-0.2, 0) is 16.0 Å². The molecular weight excluding hydrogens is 252 g/mol. The van der Waals surface area contributed by atoms with E-state index in [4.69, 9.17) is 10.5 Å². The van der Waals surface area contributed by atoms with Gasteiger partial charge in [-0.1, -0.05) is 23.8 Å². The Labute approximate surface area is 120 Å². The highest BCUT2D eigenvalue weighted by molar-refractivity contribution is 5.79. The lowest BCUT2D eigenvalue weighted by molar-refractivity contribution is -0.139. The maximum Gasteiger partial charge on any atom is 0.227 e. The SMILES string of the molecule is Cc1ccc(CC(CN)C(=O)N2CCOCC2)c(C)c1. The van der Waals surface area contributed by atoms with Crippen LogP contribution in [-0.4, -0.2) is 43.7 Å². The Hall–Kier alpha value is -1.39. The van der Waals surface area contributed by atoms with Gasteiger partial charge in [-0.15, -0.1) is 0 Å². The van der Waals surface area contributed by atoms with Gasteiger partial charge in [0.05, 0.1) is 19.1 Å². The molecule has 1 amide bonds. The highest BCUT2D eigenvalue weighted by Crippen LogP contribution is 2.17. The second-order valence-electron chi connectivity index (χ2n) is 5.50. The van der Waals surface area contributed by atoms with Crippen molar-refractivity contribution in [3.05, 3.63) is 34.9 Å². The first-order chi connectivity index (χ1) is 9.61. The second kappa shape index (κ2) is 6.86. The minimum Gasteiger partial charge on any atom is -0.378 e. The molecule has 2 N–H and O–H groups in total. The number of carbonyl (C=O) groups excluding carboxylic acids is 1. The lowest BCUT2D eigenvalue weighted by Crippen LogP contribution is -2.46. The fraction of sp³-hybridized carbons (Fsp3) is 0.562. The number of morpholine rings is 1. The van der Waals surface area contributed by atoms with Crippen LogP contribution in [0.3, 0.4) is 0 Å². The van der Waals surface area contributed by atoms with Crippen LogP contribution in [0.2, 0.25) is 0 Å². The number of rotatable bonds is 4. The number of aryl methyl sites for hydroxylation is 2. The van der Waals surface area contributed by atoms with E-state index in [0.29, 0.717) is 32.8 Å². The molecule has 0 aromatic heterocycles. The summed E-state index contributed by atoms with van der Waals surface area (Å²) in [5.41, 5.74) is 9.52. The Morgan fingerprint density at radius 3 is 2.65 bits per heavy atom. The molecule has 1 saturated heterocycles. The fourth-order valence-electron chi connectivity index (χ4n) is 2.65. The van der Waals surface area contributed by atoms with Crippen LogP contribution in [0.1, 0.15) is 16.7 Å². The molecule has 20 heavy (non-hydrogen) atoms. The van der Waals surface area contributed by atoms with Crippen LogP contribution in [0.25, 0.3) is 0 Å². The van der Waals surface area contributed by atoms with E-state index in [1.807, 2.05) is 4.90 Å². The molecule has 1 aliphatic heterocycles. The highest BCUT2D eigenvalue weighted by Gasteiger charge is 2.25. The van der Waals surface area contributed by atoms with Gasteiger partial charge in [0.1, 0.15) is 0 Å². The zero-order valence-corrected chi connectivity index (χ0v) is 12.4. The summed E-state index contributed by atoms with van der Waals surface area (Å²) in [6.07, 6.45) is 0.721. The summed E-state index contributed by atoms with van der Waals surface area (Å²) >= 11 is 0. The number of amides is 1. The number of carbonyl (C=O) groups is 1. The zero-order chi connectivity index (χ0) is 14.5. The summed E-state index contributed by atoms with van der Waals surface area (Å²) in [5, 5.41) is 0. The summed E-state index contributed by atoms with van der Waals surface area (Å²) in [5.74, 6) is 0.0327. The van der Waals surface area contributed by atoms with Crippen molar-refractivity contribution < 1.29 is 9.53 Å². The molecule has 4 heteroatoms. The van der Waals surface area contributed by atoms with Crippen molar-refractivity contribution in [1.29, 1.82) is 0 Å². The van der Waals surface area contributed by atoms with Gasteiger partial charge in [-0.05, 0) is 31.4 Å². The Kier molecular flexibility index (Phi) is 5.15. The normalized spacial score (nSPS) is 17.1. The number of hydrogen-bond donors (Lipinski definition) is 1. The van der Waals surface area contributed by atoms with Gasteiger partial charge in [0.15, 0.2) is 0 Å². The van der Waals surface area contributed by atoms with E-state index in [2.05, 4.69) is 32.0 Å². The third-order valence-electron chi connectivity index (χ3n) is 3.92. The molecular formula is C16H24N2O2. The molecule has 0 spiro atoms. The van der Waals surface area contributed by atoms with Crippen LogP contribution in [0, 0.1) is 19.8 Å². The molecule has 1 aromatic carbocycles. The molecule has 1 atom stereocenters. The van der Waals surface area contributed by atoms with Gasteiger partial charge in [0.25, 0.3) is 0 Å². The van der Waals surface area contributed by atoms with Crippen LogP contribution in [0.4, 0.5) is 0 Å². The largest absolute Gasteiger partial charge is 0.378 e. The number of hydrogen-bond acceptors (Lipinski definition) is 3. The van der Waals surface area contributed by atoms with Gasteiger partial charge in [-0.2, -0.15) is 0 Å². The topological polar surface area (TPSA) is 55.6 Å². The lowest BCUT2D eigenvalue weighted by Gasteiger charge is -2.30. The predicted molar refractivity (Wildman–Crippen MR) is 79.6 cm³/mol. The molecule has 1 aliphatic rings. The van der Waals surface area contributed by atoms with Crippen molar-refractivity contribution in [1.82, 2.24) is 4.90 Å². The summed E-state index contributed by atoms with van der Waals surface area (Å²) in [4.78, 5) is 14.4. The molecule has 110 valence electrons. The van der Waals surface area contributed by atoms with Crippen molar-refractivity contribution in [3.63, 3.8) is 0 Å². The van der Waals surface area contributed by atoms with Crippen molar-refractivity contribution in [2.24, 2.45) is 11.7 Å². The van der Waals surface area contributed by atoms with Crippen LogP contribution >= 0.6 is 0 Å². The van der Waals surface area contributed by atoms with E-state index in [1.54, 1.807) is 0 Å². The first-order valence-corrected chi connectivity index (χ1v) is 7.24.